The van der Waals surface area contributed by atoms with E-state index in [1.54, 1.807) is 12.1 Å². The number of oxazole rings is 1. The highest BCUT2D eigenvalue weighted by atomic mass is 35.5. The Labute approximate surface area is 237 Å². The Morgan fingerprint density at radius 2 is 1.90 bits per heavy atom. The molecule has 2 N–H and O–H groups in total. The number of rotatable bonds is 6. The van der Waals surface area contributed by atoms with Gasteiger partial charge in [0.2, 0.25) is 5.76 Å². The summed E-state index contributed by atoms with van der Waals surface area (Å²) in [4.78, 5) is 26.5. The van der Waals surface area contributed by atoms with Crippen molar-refractivity contribution < 1.29 is 26.8 Å². The van der Waals surface area contributed by atoms with E-state index in [1.807, 2.05) is 13.8 Å². The van der Waals surface area contributed by atoms with Gasteiger partial charge >= 0.3 is 6.18 Å². The van der Waals surface area contributed by atoms with Crippen LogP contribution in [0, 0.1) is 26.6 Å². The van der Waals surface area contributed by atoms with E-state index in [-0.39, 0.29) is 31.3 Å². The molecule has 1 aromatic carbocycles. The van der Waals surface area contributed by atoms with Crippen LogP contribution in [0.25, 0.3) is 0 Å². The number of aromatic amines is 1. The molecule has 1 amide bonds. The molecule has 3 aromatic heterocycles. The van der Waals surface area contributed by atoms with E-state index in [2.05, 4.69) is 34.9 Å². The number of benzene rings is 1. The summed E-state index contributed by atoms with van der Waals surface area (Å²) in [7, 11) is 0. The molecule has 0 spiro atoms. The fourth-order valence-electron chi connectivity index (χ4n) is 4.99. The third-order valence-electron chi connectivity index (χ3n) is 6.95. The average Bonchev–Trinajstić information content (AvgIpc) is 3.52. The van der Waals surface area contributed by atoms with Gasteiger partial charge in [-0.2, -0.15) is 18.3 Å². The molecule has 5 rings (SSSR count). The normalized spacial score (nSPS) is 14.5. The first-order valence-corrected chi connectivity index (χ1v) is 13.2. The highest BCUT2D eigenvalue weighted by Gasteiger charge is 2.42. The number of halogens is 5. The zero-order chi connectivity index (χ0) is 29.5. The molecule has 1 aliphatic rings. The highest BCUT2D eigenvalue weighted by molar-refractivity contribution is 6.32. The van der Waals surface area contributed by atoms with Crippen molar-refractivity contribution in [2.75, 3.05) is 18.4 Å². The molecule has 0 unspecified atom stereocenters. The molecule has 9 nitrogen and oxygen atoms in total. The number of H-pyrrole nitrogens is 1. The van der Waals surface area contributed by atoms with Crippen LogP contribution in [-0.2, 0) is 12.6 Å². The first-order chi connectivity index (χ1) is 19.4. The quantitative estimate of drug-likeness (QED) is 0.254. The van der Waals surface area contributed by atoms with Gasteiger partial charge in [0, 0.05) is 38.2 Å². The predicted molar refractivity (Wildman–Crippen MR) is 142 cm³/mol. The molecule has 4 aromatic rings. The Kier molecular flexibility index (Phi) is 7.73. The molecule has 216 valence electrons. The van der Waals surface area contributed by atoms with Crippen LogP contribution in [0.4, 0.5) is 29.2 Å². The average molecular weight is 592 g/mol. The maximum absolute atomic E-state index is 15.3. The Morgan fingerprint density at radius 3 is 2.56 bits per heavy atom. The maximum Gasteiger partial charge on any atom is 0.452 e. The molecule has 0 radical (unpaired) electrons. The smallest absolute Gasteiger partial charge is 0.436 e. The van der Waals surface area contributed by atoms with E-state index < -0.39 is 29.4 Å². The van der Waals surface area contributed by atoms with Gasteiger partial charge in [0.25, 0.3) is 5.91 Å². The van der Waals surface area contributed by atoms with Gasteiger partial charge in [0.1, 0.15) is 16.7 Å². The summed E-state index contributed by atoms with van der Waals surface area (Å²) in [5.74, 6) is -1.69. The van der Waals surface area contributed by atoms with Crippen molar-refractivity contribution in [2.24, 2.45) is 0 Å². The van der Waals surface area contributed by atoms with E-state index >= 15 is 4.39 Å². The van der Waals surface area contributed by atoms with E-state index in [0.29, 0.717) is 40.9 Å². The summed E-state index contributed by atoms with van der Waals surface area (Å²) in [6.07, 6.45) is -2.33. The van der Waals surface area contributed by atoms with Crippen LogP contribution in [0.3, 0.4) is 0 Å². The minimum absolute atomic E-state index is 0.0661. The molecule has 1 aliphatic heterocycles. The molecule has 0 saturated carbocycles. The van der Waals surface area contributed by atoms with Gasteiger partial charge in [-0.05, 0) is 55.4 Å². The number of alkyl halides is 3. The summed E-state index contributed by atoms with van der Waals surface area (Å²) >= 11 is 6.23. The Balaban J connectivity index is 1.27. The van der Waals surface area contributed by atoms with Gasteiger partial charge in [-0.25, -0.2) is 19.3 Å². The molecule has 0 bridgehead atoms. The Hall–Kier alpha value is -4.00. The van der Waals surface area contributed by atoms with Gasteiger partial charge < -0.3 is 14.6 Å². The van der Waals surface area contributed by atoms with E-state index in [9.17, 15) is 18.0 Å². The number of piperidine rings is 1. The lowest BCUT2D eigenvalue weighted by Crippen LogP contribution is -2.39. The van der Waals surface area contributed by atoms with Crippen LogP contribution < -0.4 is 5.32 Å². The van der Waals surface area contributed by atoms with Crippen molar-refractivity contribution in [3.8, 4) is 0 Å². The second-order valence-electron chi connectivity index (χ2n) is 10.00. The number of amides is 1. The van der Waals surface area contributed by atoms with Crippen molar-refractivity contribution in [3.05, 3.63) is 80.8 Å². The lowest BCUT2D eigenvalue weighted by molar-refractivity contribution is -0.153. The van der Waals surface area contributed by atoms with Crippen molar-refractivity contribution in [1.29, 1.82) is 0 Å². The topological polar surface area (TPSA) is 113 Å². The minimum Gasteiger partial charge on any atom is -0.436 e. The molecule has 4 heterocycles. The van der Waals surface area contributed by atoms with E-state index in [4.69, 9.17) is 11.6 Å². The molecule has 1 fully saturated rings. The SMILES string of the molecule is Cc1cc(Nc2nc(Cc3cc(C)c(C4CCN(C(=O)c5nc(C)oc5C(F)(F)F)CC4)cc3F)ncc2Cl)n[nH]1. The van der Waals surface area contributed by atoms with Gasteiger partial charge in [-0.1, -0.05) is 17.7 Å². The van der Waals surface area contributed by atoms with Crippen LogP contribution in [0.2, 0.25) is 5.02 Å². The number of aryl methyl sites for hydroxylation is 3. The van der Waals surface area contributed by atoms with Gasteiger partial charge in [0.05, 0.1) is 6.20 Å². The van der Waals surface area contributed by atoms with Crippen LogP contribution in [0.1, 0.15) is 69.1 Å². The first kappa shape index (κ1) is 28.5. The number of likely N-dealkylation sites (tertiary alicyclic amines) is 1. The van der Waals surface area contributed by atoms with Gasteiger partial charge in [-0.15, -0.1) is 0 Å². The molecule has 14 heteroatoms. The molecular formula is C27H26ClF4N7O2. The summed E-state index contributed by atoms with van der Waals surface area (Å²) in [6, 6.07) is 5.02. The van der Waals surface area contributed by atoms with Crippen molar-refractivity contribution >= 4 is 29.1 Å². The number of nitrogens with zero attached hydrogens (tertiary/aromatic N) is 5. The van der Waals surface area contributed by atoms with Crippen molar-refractivity contribution in [3.63, 3.8) is 0 Å². The fourth-order valence-corrected chi connectivity index (χ4v) is 5.13. The van der Waals surface area contributed by atoms with E-state index in [1.165, 1.54) is 24.1 Å². The second-order valence-corrected chi connectivity index (χ2v) is 10.4. The maximum atomic E-state index is 15.3. The van der Waals surface area contributed by atoms with Crippen molar-refractivity contribution in [2.45, 2.75) is 52.1 Å². The lowest BCUT2D eigenvalue weighted by Gasteiger charge is -2.32. The minimum atomic E-state index is -4.82. The van der Waals surface area contributed by atoms with Gasteiger partial charge in [0.15, 0.2) is 23.2 Å². The summed E-state index contributed by atoms with van der Waals surface area (Å²) < 4.78 is 59.8. The molecule has 1 saturated heterocycles. The van der Waals surface area contributed by atoms with Gasteiger partial charge in [-0.3, -0.25) is 9.89 Å². The second kappa shape index (κ2) is 11.1. The standard InChI is InChI=1S/C27H26ClF4N7O2/c1-13-8-17(10-21-33-12-19(28)25(35-21)36-22-9-14(2)37-38-22)20(29)11-18(13)16-4-6-39(7-5-16)26(40)23-24(27(30,31)32)41-15(3)34-23/h8-9,11-12,16H,4-7,10H2,1-3H3,(H2,33,35,36,37,38). The Bertz CT molecular complexity index is 1590. The highest BCUT2D eigenvalue weighted by Crippen LogP contribution is 2.36. The number of anilines is 2. The summed E-state index contributed by atoms with van der Waals surface area (Å²) in [5, 5.41) is 10.2. The summed E-state index contributed by atoms with van der Waals surface area (Å²) in [5.41, 5.74) is 2.18. The number of hydrogen-bond acceptors (Lipinski definition) is 7. The third kappa shape index (κ3) is 6.19. The Morgan fingerprint density at radius 1 is 1.17 bits per heavy atom. The number of carbonyl (C=O) groups excluding carboxylic acids is 1. The van der Waals surface area contributed by atoms with Crippen LogP contribution in [0.5, 0.6) is 0 Å². The molecule has 0 atom stereocenters. The zero-order valence-electron chi connectivity index (χ0n) is 22.4. The number of carbonyl (C=O) groups is 1. The monoisotopic (exact) mass is 591 g/mol. The van der Waals surface area contributed by atoms with Crippen LogP contribution in [-0.4, -0.2) is 49.0 Å². The van der Waals surface area contributed by atoms with Crippen LogP contribution in [0.15, 0.2) is 28.8 Å². The molecule has 0 aliphatic carbocycles. The molecule has 41 heavy (non-hydrogen) atoms. The number of nitrogens with one attached hydrogen (secondary N) is 2. The summed E-state index contributed by atoms with van der Waals surface area (Å²) in [6.45, 7) is 5.41. The largest absolute Gasteiger partial charge is 0.452 e. The predicted octanol–water partition coefficient (Wildman–Crippen LogP) is 6.28. The van der Waals surface area contributed by atoms with Crippen molar-refractivity contribution in [1.82, 2.24) is 30.0 Å². The zero-order valence-corrected chi connectivity index (χ0v) is 23.1. The van der Waals surface area contributed by atoms with Crippen LogP contribution >= 0.6 is 11.6 Å². The third-order valence-corrected chi connectivity index (χ3v) is 7.22. The number of aromatic nitrogens is 5. The lowest BCUT2D eigenvalue weighted by atomic mass is 9.85. The number of hydrogen-bond donors (Lipinski definition) is 2. The van der Waals surface area contributed by atoms with E-state index in [0.717, 1.165) is 16.8 Å². The fraction of sp³-hybridized carbons (Fsp3) is 0.370. The first-order valence-electron chi connectivity index (χ1n) is 12.8. The molecular weight excluding hydrogens is 566 g/mol.